The first kappa shape index (κ1) is 32.5. The largest absolute Gasteiger partial charge is 0.467 e. The van der Waals surface area contributed by atoms with Crippen molar-refractivity contribution in [1.29, 1.82) is 0 Å². The van der Waals surface area contributed by atoms with Crippen molar-refractivity contribution in [2.24, 2.45) is 0 Å². The number of aryl methyl sites for hydroxylation is 2. The highest BCUT2D eigenvalue weighted by Gasteiger charge is 2.48. The fourth-order valence-electron chi connectivity index (χ4n) is 6.16. The summed E-state index contributed by atoms with van der Waals surface area (Å²) in [6, 6.07) is 25.4. The van der Waals surface area contributed by atoms with Gasteiger partial charge in [-0.05, 0) is 59.4 Å². The number of hydrogen-bond acceptors (Lipinski definition) is 6. The zero-order valence-corrected chi connectivity index (χ0v) is 27.3. The Morgan fingerprint density at radius 2 is 1.72 bits per heavy atom. The number of carbonyl (C=O) groups excluding carboxylic acids is 3. The van der Waals surface area contributed by atoms with Gasteiger partial charge in [-0.2, -0.15) is 0 Å². The Kier molecular flexibility index (Phi) is 10.2. The number of rotatable bonds is 10. The first-order chi connectivity index (χ1) is 22.2. The van der Waals surface area contributed by atoms with E-state index in [1.807, 2.05) is 91.9 Å². The fourth-order valence-corrected chi connectivity index (χ4v) is 6.59. The molecule has 8 nitrogen and oxygen atoms in total. The minimum Gasteiger partial charge on any atom is -0.467 e. The highest BCUT2D eigenvalue weighted by atomic mass is 32.1. The zero-order valence-electron chi connectivity index (χ0n) is 26.5. The number of pyridine rings is 1. The minimum absolute atomic E-state index is 0.176. The number of amides is 2. The summed E-state index contributed by atoms with van der Waals surface area (Å²) >= 11 is 5.78. The van der Waals surface area contributed by atoms with E-state index in [2.05, 4.69) is 17.2 Å². The number of nitrogens with zero attached hydrogens (tertiary/aromatic N) is 3. The van der Waals surface area contributed by atoms with E-state index in [4.69, 9.17) is 17.0 Å². The highest BCUT2D eigenvalue weighted by molar-refractivity contribution is 7.80. The topological polar surface area (TPSA) is 91.8 Å². The summed E-state index contributed by atoms with van der Waals surface area (Å²) in [6.07, 6.45) is 4.26. The monoisotopic (exact) mass is 634 g/mol. The summed E-state index contributed by atoms with van der Waals surface area (Å²) in [4.78, 5) is 48.2. The van der Waals surface area contributed by atoms with Crippen LogP contribution < -0.4 is 10.2 Å². The first-order valence-corrected chi connectivity index (χ1v) is 15.8. The Balaban J connectivity index is 1.44. The van der Waals surface area contributed by atoms with Crippen LogP contribution in [0.15, 0.2) is 97.3 Å². The lowest BCUT2D eigenvalue weighted by Gasteiger charge is -2.31. The number of hydrogen-bond donors (Lipinski definition) is 1. The molecule has 1 aromatic heterocycles. The Bertz CT molecular complexity index is 1710. The van der Waals surface area contributed by atoms with Crippen LogP contribution in [0.1, 0.15) is 53.4 Å². The van der Waals surface area contributed by atoms with Crippen LogP contribution in [0, 0.1) is 6.92 Å². The van der Waals surface area contributed by atoms with E-state index in [9.17, 15) is 14.4 Å². The molecule has 1 saturated heterocycles. The zero-order chi connectivity index (χ0) is 32.8. The van der Waals surface area contributed by atoms with E-state index in [1.165, 1.54) is 14.0 Å². The average Bonchev–Trinajstić information content (AvgIpc) is 3.36. The quantitative estimate of drug-likeness (QED) is 0.182. The van der Waals surface area contributed by atoms with Crippen LogP contribution in [0.3, 0.4) is 0 Å². The van der Waals surface area contributed by atoms with Crippen molar-refractivity contribution in [2.45, 2.75) is 58.3 Å². The minimum atomic E-state index is -0.713. The molecule has 236 valence electrons. The first-order valence-electron chi connectivity index (χ1n) is 15.3. The lowest BCUT2D eigenvalue weighted by Crippen LogP contribution is -2.43. The predicted octanol–water partition coefficient (Wildman–Crippen LogP) is 5.51. The molecule has 0 saturated carbocycles. The van der Waals surface area contributed by atoms with Crippen LogP contribution in [0.4, 0.5) is 5.69 Å². The molecule has 4 aromatic rings. The molecular formula is C37H38N4O4S. The Morgan fingerprint density at radius 1 is 0.978 bits per heavy atom. The maximum Gasteiger partial charge on any atom is 0.328 e. The van der Waals surface area contributed by atoms with Crippen molar-refractivity contribution in [3.05, 3.63) is 131 Å². The van der Waals surface area contributed by atoms with E-state index < -0.39 is 24.2 Å². The van der Waals surface area contributed by atoms with Crippen molar-refractivity contribution in [3.63, 3.8) is 0 Å². The maximum absolute atomic E-state index is 14.2. The Morgan fingerprint density at radius 3 is 2.35 bits per heavy atom. The van der Waals surface area contributed by atoms with Gasteiger partial charge in [0.25, 0.3) is 5.91 Å². The molecule has 1 N–H and O–H groups in total. The van der Waals surface area contributed by atoms with Crippen LogP contribution >= 0.6 is 12.2 Å². The number of ether oxygens (including phenoxy) is 1. The van der Waals surface area contributed by atoms with E-state index in [0.717, 1.165) is 39.8 Å². The van der Waals surface area contributed by atoms with Gasteiger partial charge in [-0.25, -0.2) is 4.79 Å². The number of anilines is 1. The summed E-state index contributed by atoms with van der Waals surface area (Å²) in [6.45, 7) is 5.58. The molecule has 1 aliphatic rings. The third-order valence-electron chi connectivity index (χ3n) is 8.39. The Labute approximate surface area is 275 Å². The third-order valence-corrected chi connectivity index (χ3v) is 8.71. The van der Waals surface area contributed by atoms with Gasteiger partial charge in [0.2, 0.25) is 5.91 Å². The van der Waals surface area contributed by atoms with Crippen molar-refractivity contribution in [1.82, 2.24) is 15.2 Å². The molecular weight excluding hydrogens is 596 g/mol. The molecule has 2 heterocycles. The number of carbonyl (C=O) groups is 3. The molecule has 0 spiro atoms. The van der Waals surface area contributed by atoms with Crippen molar-refractivity contribution >= 4 is 40.7 Å². The van der Waals surface area contributed by atoms with E-state index in [1.54, 1.807) is 22.2 Å². The van der Waals surface area contributed by atoms with Crippen LogP contribution in [0.25, 0.3) is 0 Å². The van der Waals surface area contributed by atoms with Crippen LogP contribution in [0.5, 0.6) is 0 Å². The maximum atomic E-state index is 14.2. The number of methoxy groups -OCH3 is 1. The number of aromatic nitrogens is 1. The lowest BCUT2D eigenvalue weighted by atomic mass is 9.99. The lowest BCUT2D eigenvalue weighted by molar-refractivity contribution is -0.142. The summed E-state index contributed by atoms with van der Waals surface area (Å²) in [5, 5.41) is 3.24. The summed E-state index contributed by atoms with van der Waals surface area (Å²) in [5.74, 6) is -0.796. The number of thiocarbonyl (C=S) groups is 1. The van der Waals surface area contributed by atoms with Crippen molar-refractivity contribution in [2.75, 3.05) is 12.0 Å². The third kappa shape index (κ3) is 6.84. The summed E-state index contributed by atoms with van der Waals surface area (Å²) < 4.78 is 5.13. The second-order valence-electron chi connectivity index (χ2n) is 11.4. The predicted molar refractivity (Wildman–Crippen MR) is 182 cm³/mol. The van der Waals surface area contributed by atoms with Gasteiger partial charge >= 0.3 is 5.97 Å². The van der Waals surface area contributed by atoms with E-state index in [0.29, 0.717) is 23.5 Å². The second kappa shape index (κ2) is 14.5. The molecule has 9 heteroatoms. The molecule has 1 fully saturated rings. The van der Waals surface area contributed by atoms with Crippen LogP contribution in [0.2, 0.25) is 0 Å². The molecule has 0 aliphatic carbocycles. The molecule has 1 aliphatic heterocycles. The van der Waals surface area contributed by atoms with Crippen LogP contribution in [-0.4, -0.2) is 51.8 Å². The van der Waals surface area contributed by atoms with Gasteiger partial charge in [0.1, 0.15) is 23.2 Å². The molecule has 46 heavy (non-hydrogen) atoms. The average molecular weight is 635 g/mol. The second-order valence-corrected chi connectivity index (χ2v) is 11.8. The normalized spacial score (nSPS) is 16.7. The number of benzene rings is 3. The molecule has 3 aromatic carbocycles. The van der Waals surface area contributed by atoms with Crippen molar-refractivity contribution < 1.29 is 19.1 Å². The van der Waals surface area contributed by atoms with E-state index >= 15 is 0 Å². The van der Waals surface area contributed by atoms with Gasteiger partial charge < -0.3 is 15.0 Å². The molecule has 2 unspecified atom stereocenters. The van der Waals surface area contributed by atoms with Gasteiger partial charge in [-0.3, -0.25) is 19.5 Å². The van der Waals surface area contributed by atoms with Gasteiger partial charge in [-0.15, -0.1) is 0 Å². The van der Waals surface area contributed by atoms with Gasteiger partial charge in [0.05, 0.1) is 7.11 Å². The Hall–Kier alpha value is -4.89. The molecule has 0 bridgehead atoms. The summed E-state index contributed by atoms with van der Waals surface area (Å²) in [5.41, 5.74) is 6.27. The molecule has 2 amide bonds. The van der Waals surface area contributed by atoms with Gasteiger partial charge in [0.15, 0.2) is 0 Å². The smallest absolute Gasteiger partial charge is 0.328 e. The number of esters is 1. The highest BCUT2D eigenvalue weighted by Crippen LogP contribution is 2.39. The van der Waals surface area contributed by atoms with Gasteiger partial charge in [-0.1, -0.05) is 85.9 Å². The van der Waals surface area contributed by atoms with Gasteiger partial charge in [0, 0.05) is 43.4 Å². The molecule has 5 rings (SSSR count). The SMILES string of the molecule is CCc1cccc(C)c1C(=S)N[C@@H](Cc1ccc(N2C(=O)C(Cc3cccnc3)N(C(C)=O)C2c2ccccc2)cc1)C(=O)OC. The fraction of sp³-hybridized carbons (Fsp3) is 0.270. The molecule has 3 atom stereocenters. The van der Waals surface area contributed by atoms with Crippen molar-refractivity contribution in [3.8, 4) is 0 Å². The van der Waals surface area contributed by atoms with E-state index in [-0.39, 0.29) is 11.8 Å². The standard InChI is InChI=1S/C37H38N4O4S/c1-5-28-15-9-11-24(2)33(28)34(46)39-31(37(44)45-4)21-26-16-18-30(19-17-26)41-35(29-13-7-6-8-14-29)40(25(3)42)32(36(41)43)22-27-12-10-20-38-23-27/h6-20,23,31-32,35H,5,21-22H2,1-4H3,(H,39,46)/t31-,32?,35?/m0/s1. The molecule has 0 radical (unpaired) electrons. The summed E-state index contributed by atoms with van der Waals surface area (Å²) in [7, 11) is 1.36. The van der Waals surface area contributed by atoms with Crippen LogP contribution in [-0.2, 0) is 38.4 Å². The number of nitrogens with one attached hydrogen (secondary N) is 1.